The van der Waals surface area contributed by atoms with Gasteiger partial charge in [0.15, 0.2) is 0 Å². The van der Waals surface area contributed by atoms with E-state index >= 15 is 4.39 Å². The molecule has 3 heterocycles. The molecule has 0 aliphatic rings. The first-order chi connectivity index (χ1) is 24.5. The number of aryl methyl sites for hydroxylation is 1. The quantitative estimate of drug-likeness (QED) is 0.166. The van der Waals surface area contributed by atoms with Crippen molar-refractivity contribution in [3.63, 3.8) is 0 Å². The van der Waals surface area contributed by atoms with E-state index in [9.17, 15) is 4.79 Å². The lowest BCUT2D eigenvalue weighted by atomic mass is 9.77. The molecule has 3 aromatic heterocycles. The van der Waals surface area contributed by atoms with Crippen molar-refractivity contribution in [2.24, 2.45) is 0 Å². The molecule has 0 atom stereocenters. The van der Waals surface area contributed by atoms with Crippen LogP contribution in [0.4, 0.5) is 10.2 Å². The van der Waals surface area contributed by atoms with Crippen molar-refractivity contribution in [2.75, 3.05) is 5.32 Å². The predicted octanol–water partition coefficient (Wildman–Crippen LogP) is 8.82. The molecule has 0 spiro atoms. The van der Waals surface area contributed by atoms with E-state index in [0.29, 0.717) is 11.5 Å². The fourth-order valence-corrected chi connectivity index (χ4v) is 6.61. The minimum Gasteiger partial charge on any atom is -0.306 e. The second kappa shape index (κ2) is 12.7. The largest absolute Gasteiger partial charge is 0.306 e. The highest BCUT2D eigenvalue weighted by atomic mass is 19.1. The Labute approximate surface area is 288 Å². The number of carbonyl (C=O) groups excluding carboxylic acids is 1. The zero-order chi connectivity index (χ0) is 34.1. The van der Waals surface area contributed by atoms with Crippen molar-refractivity contribution >= 4 is 22.8 Å². The second-order valence-corrected chi connectivity index (χ2v) is 12.1. The average molecular weight is 655 g/mol. The molecule has 0 aliphatic heterocycles. The summed E-state index contributed by atoms with van der Waals surface area (Å²) < 4.78 is 19.3. The lowest BCUT2D eigenvalue weighted by Crippen LogP contribution is -2.38. The molecule has 0 fully saturated rings. The molecule has 1 N–H and O–H groups in total. The molecule has 5 aromatic carbocycles. The monoisotopic (exact) mass is 654 g/mol. The Morgan fingerprint density at radius 3 is 2.00 bits per heavy atom. The van der Waals surface area contributed by atoms with Crippen LogP contribution >= 0.6 is 0 Å². The maximum absolute atomic E-state index is 15.4. The number of benzene rings is 5. The van der Waals surface area contributed by atoms with Crippen molar-refractivity contribution in [1.82, 2.24) is 24.3 Å². The minimum absolute atomic E-state index is 0.0756. The van der Waals surface area contributed by atoms with E-state index < -0.39 is 17.3 Å². The molecule has 0 unspecified atom stereocenters. The summed E-state index contributed by atoms with van der Waals surface area (Å²) in [6.07, 6.45) is 7.21. The van der Waals surface area contributed by atoms with E-state index in [-0.39, 0.29) is 5.56 Å². The number of nitrogens with one attached hydrogen (secondary N) is 1. The number of imidazole rings is 1. The molecule has 0 saturated carbocycles. The Hall–Kier alpha value is -6.67. The number of nitrogens with zero attached hydrogens (tertiary/aromatic N) is 5. The van der Waals surface area contributed by atoms with Crippen molar-refractivity contribution < 1.29 is 9.18 Å². The van der Waals surface area contributed by atoms with Gasteiger partial charge in [-0.1, -0.05) is 97.1 Å². The minimum atomic E-state index is -0.741. The third kappa shape index (κ3) is 5.42. The van der Waals surface area contributed by atoms with Gasteiger partial charge in [-0.05, 0) is 77.2 Å². The van der Waals surface area contributed by atoms with E-state index in [0.717, 1.165) is 44.4 Å². The third-order valence-electron chi connectivity index (χ3n) is 9.01. The number of carbonyl (C=O) groups is 1. The van der Waals surface area contributed by atoms with Gasteiger partial charge in [0.1, 0.15) is 23.5 Å². The van der Waals surface area contributed by atoms with E-state index in [1.807, 2.05) is 64.8 Å². The topological polar surface area (TPSA) is 77.6 Å². The molecule has 7 nitrogen and oxygen atoms in total. The number of halogens is 1. The predicted molar refractivity (Wildman–Crippen MR) is 194 cm³/mol. The molecule has 50 heavy (non-hydrogen) atoms. The number of aromatic nitrogens is 5. The summed E-state index contributed by atoms with van der Waals surface area (Å²) >= 11 is 0. The summed E-state index contributed by atoms with van der Waals surface area (Å²) in [5.41, 5.74) is 7.28. The molecule has 8 aromatic rings. The zero-order valence-electron chi connectivity index (χ0n) is 27.1. The van der Waals surface area contributed by atoms with Crippen LogP contribution in [0.25, 0.3) is 27.8 Å². The number of hydrogen-bond donors (Lipinski definition) is 1. The maximum Gasteiger partial charge on any atom is 0.259 e. The molecule has 8 rings (SSSR count). The summed E-state index contributed by atoms with van der Waals surface area (Å²) in [6, 6.07) is 45.3. The van der Waals surface area contributed by atoms with Gasteiger partial charge in [-0.2, -0.15) is 5.10 Å². The van der Waals surface area contributed by atoms with Crippen LogP contribution in [0.5, 0.6) is 0 Å². The van der Waals surface area contributed by atoms with Crippen LogP contribution in [-0.4, -0.2) is 30.2 Å². The van der Waals surface area contributed by atoms with Crippen LogP contribution in [-0.2, 0) is 5.54 Å². The molecule has 0 radical (unpaired) electrons. The van der Waals surface area contributed by atoms with Gasteiger partial charge in [-0.3, -0.25) is 14.0 Å². The van der Waals surface area contributed by atoms with Gasteiger partial charge in [0, 0.05) is 18.0 Å². The Morgan fingerprint density at radius 2 is 1.38 bits per heavy atom. The highest BCUT2D eigenvalue weighted by Gasteiger charge is 2.39. The van der Waals surface area contributed by atoms with E-state index in [4.69, 9.17) is 5.10 Å². The number of fused-ring (bicyclic) bond motifs is 1. The van der Waals surface area contributed by atoms with Crippen LogP contribution in [0.1, 0.15) is 32.6 Å². The van der Waals surface area contributed by atoms with Crippen LogP contribution in [0, 0.1) is 12.7 Å². The Kier molecular flexibility index (Phi) is 7.81. The summed E-state index contributed by atoms with van der Waals surface area (Å²) in [5, 5.41) is 7.69. The number of hydrogen-bond acceptors (Lipinski definition) is 4. The Bertz CT molecular complexity index is 2360. The van der Waals surface area contributed by atoms with Crippen molar-refractivity contribution in [3.05, 3.63) is 198 Å². The Balaban J connectivity index is 1.18. The van der Waals surface area contributed by atoms with Gasteiger partial charge in [0.25, 0.3) is 5.91 Å². The molecule has 0 aliphatic carbocycles. The van der Waals surface area contributed by atoms with E-state index in [2.05, 4.69) is 94.3 Å². The number of pyridine rings is 1. The first-order valence-corrected chi connectivity index (χ1v) is 16.2. The van der Waals surface area contributed by atoms with Crippen LogP contribution in [0.2, 0.25) is 0 Å². The van der Waals surface area contributed by atoms with Gasteiger partial charge in [0.2, 0.25) is 0 Å². The highest BCUT2D eigenvalue weighted by molar-refractivity contribution is 6.04. The number of anilines is 1. The van der Waals surface area contributed by atoms with Crippen molar-refractivity contribution in [1.29, 1.82) is 0 Å². The number of rotatable bonds is 8. The SMILES string of the molecule is Cc1ccnc(NC(=O)c2ccc(-n3cnc4ccc(-c5cnn(C(c6ccccc6)(c6ccccc6)c6ccccc6)c5)cc43)cc2F)c1. The lowest BCUT2D eigenvalue weighted by molar-refractivity contribution is 0.102. The maximum atomic E-state index is 15.4. The van der Waals surface area contributed by atoms with Gasteiger partial charge < -0.3 is 5.32 Å². The highest BCUT2D eigenvalue weighted by Crippen LogP contribution is 2.41. The normalized spacial score (nSPS) is 11.5. The van der Waals surface area contributed by atoms with E-state index in [1.165, 1.54) is 12.1 Å². The third-order valence-corrected chi connectivity index (χ3v) is 9.01. The molecular formula is C42H31FN6O. The smallest absolute Gasteiger partial charge is 0.259 e. The molecule has 0 bridgehead atoms. The van der Waals surface area contributed by atoms with E-state index in [1.54, 1.807) is 24.7 Å². The van der Waals surface area contributed by atoms with Crippen LogP contribution < -0.4 is 5.32 Å². The summed E-state index contributed by atoms with van der Waals surface area (Å²) in [6.45, 7) is 1.90. The summed E-state index contributed by atoms with van der Waals surface area (Å²) in [5.74, 6) is -0.853. The van der Waals surface area contributed by atoms with Crippen molar-refractivity contribution in [2.45, 2.75) is 12.5 Å². The lowest BCUT2D eigenvalue weighted by Gasteiger charge is -2.36. The molecule has 0 saturated heterocycles. The van der Waals surface area contributed by atoms with Gasteiger partial charge in [-0.15, -0.1) is 0 Å². The van der Waals surface area contributed by atoms with Gasteiger partial charge in [0.05, 0.1) is 28.5 Å². The zero-order valence-corrected chi connectivity index (χ0v) is 27.1. The first kappa shape index (κ1) is 30.7. The molecule has 8 heteroatoms. The fourth-order valence-electron chi connectivity index (χ4n) is 6.61. The summed E-state index contributed by atoms with van der Waals surface area (Å²) in [4.78, 5) is 21.6. The standard InChI is InChI=1S/C42H31FN6O/c1-29-21-22-44-40(23-29)47-41(50)36-19-18-35(25-37(36)43)48-28-45-38-20-17-30(24-39(38)48)31-26-46-49(27-31)42(32-11-5-2-6-12-32,33-13-7-3-8-14-33)34-15-9-4-10-16-34/h2-28H,1H3,(H,44,47,50). The fraction of sp³-hybridized carbons (Fsp3) is 0.0476. The number of amides is 1. The second-order valence-electron chi connectivity index (χ2n) is 12.1. The van der Waals surface area contributed by atoms with Crippen LogP contribution in [0.15, 0.2) is 164 Å². The molecular weight excluding hydrogens is 624 g/mol. The molecule has 242 valence electrons. The van der Waals surface area contributed by atoms with Gasteiger partial charge >= 0.3 is 0 Å². The van der Waals surface area contributed by atoms with Crippen molar-refractivity contribution in [3.8, 4) is 16.8 Å². The summed E-state index contributed by atoms with van der Waals surface area (Å²) in [7, 11) is 0. The first-order valence-electron chi connectivity index (χ1n) is 16.2. The van der Waals surface area contributed by atoms with Gasteiger partial charge in [-0.25, -0.2) is 14.4 Å². The average Bonchev–Trinajstić information content (AvgIpc) is 3.81. The molecule has 1 amide bonds. The Morgan fingerprint density at radius 1 is 0.720 bits per heavy atom. The van der Waals surface area contributed by atoms with Crippen LogP contribution in [0.3, 0.4) is 0 Å².